The van der Waals surface area contributed by atoms with Gasteiger partial charge in [0.1, 0.15) is 5.82 Å². The predicted molar refractivity (Wildman–Crippen MR) is 121 cm³/mol. The number of nitrogens with one attached hydrogen (secondary N) is 1. The second kappa shape index (κ2) is 8.52. The lowest BCUT2D eigenvalue weighted by Crippen LogP contribution is -2.42. The lowest BCUT2D eigenvalue weighted by molar-refractivity contribution is 0.138. The lowest BCUT2D eigenvalue weighted by atomic mass is 9.78. The molecule has 1 aromatic heterocycles. The third-order valence-electron chi connectivity index (χ3n) is 5.83. The molecule has 4 rings (SSSR count). The Labute approximate surface area is 183 Å². The highest BCUT2D eigenvalue weighted by molar-refractivity contribution is 6.30. The maximum absolute atomic E-state index is 13.6. The van der Waals surface area contributed by atoms with Gasteiger partial charge < -0.3 is 4.90 Å². The fourth-order valence-electron chi connectivity index (χ4n) is 4.54. The van der Waals surface area contributed by atoms with E-state index < -0.39 is 0 Å². The van der Waals surface area contributed by atoms with Crippen LogP contribution in [0.3, 0.4) is 0 Å². The smallest absolute Gasteiger partial charge is 0.123 e. The summed E-state index contributed by atoms with van der Waals surface area (Å²) in [6, 6.07) is 16.9. The topological polar surface area (TPSA) is 31.9 Å². The van der Waals surface area contributed by atoms with Crippen LogP contribution in [0, 0.1) is 11.2 Å². The first-order valence-electron chi connectivity index (χ1n) is 10.6. The third-order valence-corrected chi connectivity index (χ3v) is 6.08. The zero-order valence-corrected chi connectivity index (χ0v) is 18.6. The van der Waals surface area contributed by atoms with Gasteiger partial charge in [-0.15, -0.1) is 0 Å². The van der Waals surface area contributed by atoms with E-state index in [1.807, 2.05) is 36.4 Å². The number of aromatic amines is 1. The van der Waals surface area contributed by atoms with Gasteiger partial charge in [-0.1, -0.05) is 56.6 Å². The van der Waals surface area contributed by atoms with Crippen LogP contribution in [-0.2, 0) is 0 Å². The lowest BCUT2D eigenvalue weighted by Gasteiger charge is -2.40. The fraction of sp³-hybridized carbons (Fsp3) is 0.400. The Hall–Kier alpha value is -2.17. The van der Waals surface area contributed by atoms with Crippen LogP contribution in [0.5, 0.6) is 0 Å². The molecule has 1 fully saturated rings. The van der Waals surface area contributed by atoms with Gasteiger partial charge in [-0.2, -0.15) is 5.10 Å². The second-order valence-electron chi connectivity index (χ2n) is 9.56. The molecule has 3 aromatic rings. The number of H-pyrrole nitrogens is 1. The number of rotatable bonds is 4. The van der Waals surface area contributed by atoms with Crippen LogP contribution in [-0.4, -0.2) is 34.7 Å². The van der Waals surface area contributed by atoms with Crippen molar-refractivity contribution >= 4 is 11.6 Å². The number of aromatic nitrogens is 2. The molecule has 0 radical (unpaired) electrons. The monoisotopic (exact) mass is 425 g/mol. The number of nitrogens with zero attached hydrogens (tertiary/aromatic N) is 2. The number of likely N-dealkylation sites (tertiary alicyclic amines) is 1. The first kappa shape index (κ1) is 21.1. The quantitative estimate of drug-likeness (QED) is 0.518. The molecule has 0 amide bonds. The Bertz CT molecular complexity index is 973. The molecule has 158 valence electrons. The van der Waals surface area contributed by atoms with Crippen molar-refractivity contribution in [2.24, 2.45) is 5.41 Å². The summed E-state index contributed by atoms with van der Waals surface area (Å²) in [5.74, 6) is 0.384. The molecule has 3 nitrogen and oxygen atoms in total. The van der Waals surface area contributed by atoms with Crippen LogP contribution in [0.4, 0.5) is 4.39 Å². The molecule has 1 saturated heterocycles. The molecule has 1 N–H and O–H groups in total. The van der Waals surface area contributed by atoms with E-state index in [1.165, 1.54) is 5.56 Å². The van der Waals surface area contributed by atoms with Crippen molar-refractivity contribution in [3.63, 3.8) is 0 Å². The first-order valence-corrected chi connectivity index (χ1v) is 11.0. The Morgan fingerprint density at radius 2 is 1.77 bits per heavy atom. The summed E-state index contributed by atoms with van der Waals surface area (Å²) in [7, 11) is 0. The van der Waals surface area contributed by atoms with E-state index >= 15 is 0 Å². The second-order valence-corrected chi connectivity index (χ2v) is 10.00. The molecule has 5 heteroatoms. The van der Waals surface area contributed by atoms with Gasteiger partial charge in [0.05, 0.1) is 11.4 Å². The number of piperidine rings is 1. The molecule has 0 aliphatic carbocycles. The number of benzene rings is 2. The van der Waals surface area contributed by atoms with Gasteiger partial charge in [0.2, 0.25) is 0 Å². The molecule has 2 heterocycles. The van der Waals surface area contributed by atoms with Crippen molar-refractivity contribution < 1.29 is 4.39 Å². The van der Waals surface area contributed by atoms with Crippen molar-refractivity contribution in [3.8, 4) is 11.3 Å². The minimum absolute atomic E-state index is 0.192. The van der Waals surface area contributed by atoms with Crippen LogP contribution in [0.1, 0.15) is 50.3 Å². The SMILES string of the molecule is CC(C)(C)CN1CC[C@H](c2cc(-c3ccc(Cl)cc3)[nH]n2)[C@@H](c2ccc(F)cc2)C1. The minimum atomic E-state index is -0.192. The maximum atomic E-state index is 13.6. The molecule has 0 bridgehead atoms. The van der Waals surface area contributed by atoms with Crippen molar-refractivity contribution in [2.75, 3.05) is 19.6 Å². The number of hydrogen-bond donors (Lipinski definition) is 1. The largest absolute Gasteiger partial charge is 0.302 e. The van der Waals surface area contributed by atoms with E-state index in [0.717, 1.165) is 48.0 Å². The molecule has 30 heavy (non-hydrogen) atoms. The van der Waals surface area contributed by atoms with Crippen molar-refractivity contribution in [1.82, 2.24) is 15.1 Å². The van der Waals surface area contributed by atoms with Crippen molar-refractivity contribution in [1.29, 1.82) is 0 Å². The Balaban J connectivity index is 1.62. The summed E-state index contributed by atoms with van der Waals surface area (Å²) in [4.78, 5) is 2.54. The molecule has 1 aliphatic heterocycles. The summed E-state index contributed by atoms with van der Waals surface area (Å²) >= 11 is 6.03. The average molecular weight is 426 g/mol. The predicted octanol–water partition coefficient (Wildman–Crippen LogP) is 6.49. The molecular formula is C25H29ClFN3. The van der Waals surface area contributed by atoms with Gasteiger partial charge in [-0.25, -0.2) is 4.39 Å². The van der Waals surface area contributed by atoms with E-state index in [0.29, 0.717) is 5.92 Å². The molecule has 1 aliphatic rings. The van der Waals surface area contributed by atoms with E-state index in [9.17, 15) is 4.39 Å². The van der Waals surface area contributed by atoms with Gasteiger partial charge in [0.25, 0.3) is 0 Å². The zero-order chi connectivity index (χ0) is 21.3. The van der Waals surface area contributed by atoms with Crippen LogP contribution >= 0.6 is 11.6 Å². The van der Waals surface area contributed by atoms with Crippen LogP contribution in [0.15, 0.2) is 54.6 Å². The molecule has 0 unspecified atom stereocenters. The summed E-state index contributed by atoms with van der Waals surface area (Å²) in [6.45, 7) is 9.88. The molecular weight excluding hydrogens is 397 g/mol. The zero-order valence-electron chi connectivity index (χ0n) is 17.8. The Kier molecular flexibility index (Phi) is 5.99. The van der Waals surface area contributed by atoms with Crippen LogP contribution in [0.2, 0.25) is 5.02 Å². The normalized spacial score (nSPS) is 20.4. The summed E-state index contributed by atoms with van der Waals surface area (Å²) in [5.41, 5.74) is 4.56. The Morgan fingerprint density at radius 3 is 2.43 bits per heavy atom. The number of halogens is 2. The molecule has 2 atom stereocenters. The molecule has 2 aromatic carbocycles. The summed E-state index contributed by atoms with van der Waals surface area (Å²) < 4.78 is 13.6. The summed E-state index contributed by atoms with van der Waals surface area (Å²) in [6.07, 6.45) is 1.03. The highest BCUT2D eigenvalue weighted by Gasteiger charge is 2.34. The van der Waals surface area contributed by atoms with Crippen LogP contribution in [0.25, 0.3) is 11.3 Å². The van der Waals surface area contributed by atoms with Gasteiger partial charge in [-0.05, 0) is 59.8 Å². The third kappa shape index (κ3) is 4.93. The van der Waals surface area contributed by atoms with E-state index in [1.54, 1.807) is 12.1 Å². The van der Waals surface area contributed by atoms with Gasteiger partial charge in [0, 0.05) is 29.9 Å². The van der Waals surface area contributed by atoms with Gasteiger partial charge in [-0.3, -0.25) is 5.10 Å². The number of hydrogen-bond acceptors (Lipinski definition) is 2. The first-order chi connectivity index (χ1) is 14.3. The highest BCUT2D eigenvalue weighted by Crippen LogP contribution is 2.40. The van der Waals surface area contributed by atoms with Gasteiger partial charge in [0.15, 0.2) is 0 Å². The minimum Gasteiger partial charge on any atom is -0.302 e. The molecule has 0 saturated carbocycles. The van der Waals surface area contributed by atoms with Crippen LogP contribution < -0.4 is 0 Å². The van der Waals surface area contributed by atoms with E-state index in [4.69, 9.17) is 11.6 Å². The highest BCUT2D eigenvalue weighted by atomic mass is 35.5. The van der Waals surface area contributed by atoms with Crippen molar-refractivity contribution in [2.45, 2.75) is 39.0 Å². The van der Waals surface area contributed by atoms with E-state index in [2.05, 4.69) is 41.9 Å². The van der Waals surface area contributed by atoms with Gasteiger partial charge >= 0.3 is 0 Å². The fourth-order valence-corrected chi connectivity index (χ4v) is 4.67. The summed E-state index contributed by atoms with van der Waals surface area (Å²) in [5, 5.41) is 8.61. The molecule has 0 spiro atoms. The Morgan fingerprint density at radius 1 is 1.07 bits per heavy atom. The van der Waals surface area contributed by atoms with E-state index in [-0.39, 0.29) is 17.2 Å². The standard InChI is InChI=1S/C25H29ClFN3/c1-25(2,3)16-30-13-12-21(22(15-30)17-6-10-20(27)11-7-17)24-14-23(28-29-24)18-4-8-19(26)9-5-18/h4-11,14,21-22H,12-13,15-16H2,1-3H3,(H,28,29)/t21-,22+/m0/s1. The maximum Gasteiger partial charge on any atom is 0.123 e. The average Bonchev–Trinajstić information content (AvgIpc) is 3.18. The van der Waals surface area contributed by atoms with Crippen molar-refractivity contribution in [3.05, 3.63) is 76.7 Å².